The molecule has 11 heteroatoms. The summed E-state index contributed by atoms with van der Waals surface area (Å²) in [5.74, 6) is 0.540. The largest absolute Gasteiger partial charge is 0.435 e. The molecule has 0 saturated carbocycles. The van der Waals surface area contributed by atoms with Crippen LogP contribution in [0.5, 0.6) is 5.75 Å². The number of hydrogen-bond acceptors (Lipinski definition) is 6. The van der Waals surface area contributed by atoms with E-state index in [1.807, 2.05) is 51.4 Å². The van der Waals surface area contributed by atoms with Gasteiger partial charge in [0.1, 0.15) is 5.75 Å². The van der Waals surface area contributed by atoms with Gasteiger partial charge >= 0.3 is 6.61 Å². The van der Waals surface area contributed by atoms with Crippen LogP contribution in [0.3, 0.4) is 0 Å². The maximum atomic E-state index is 12.3. The minimum atomic E-state index is -2.89. The van der Waals surface area contributed by atoms with E-state index in [0.29, 0.717) is 16.7 Å². The second-order valence-corrected chi connectivity index (χ2v) is 7.79. The Kier molecular flexibility index (Phi) is 6.10. The van der Waals surface area contributed by atoms with Gasteiger partial charge in [-0.3, -0.25) is 9.47 Å². The molecule has 3 heterocycles. The van der Waals surface area contributed by atoms with E-state index >= 15 is 0 Å². The van der Waals surface area contributed by atoms with E-state index in [1.54, 1.807) is 11.3 Å². The molecule has 0 bridgehead atoms. The molecule has 0 aliphatic rings. The first-order valence-electron chi connectivity index (χ1n) is 8.70. The number of amides is 1. The zero-order chi connectivity index (χ0) is 20.9. The summed E-state index contributed by atoms with van der Waals surface area (Å²) < 4.78 is 32.4. The third-order valence-corrected chi connectivity index (χ3v) is 5.65. The lowest BCUT2D eigenvalue weighted by molar-refractivity contribution is -0.113. The van der Waals surface area contributed by atoms with Crippen LogP contribution in [0, 0.1) is 0 Å². The number of halogens is 2. The van der Waals surface area contributed by atoms with Gasteiger partial charge < -0.3 is 10.1 Å². The average molecular weight is 447 g/mol. The summed E-state index contributed by atoms with van der Waals surface area (Å²) in [6.45, 7) is -2.89. The van der Waals surface area contributed by atoms with Crippen LogP contribution in [-0.4, -0.2) is 37.8 Å². The quantitative estimate of drug-likeness (QED) is 0.404. The van der Waals surface area contributed by atoms with E-state index in [1.165, 1.54) is 36.0 Å². The topological polar surface area (TPSA) is 74.0 Å². The van der Waals surface area contributed by atoms with Crippen LogP contribution in [0.25, 0.3) is 10.7 Å². The van der Waals surface area contributed by atoms with Crippen molar-refractivity contribution < 1.29 is 18.3 Å². The molecule has 1 N–H and O–H groups in total. The van der Waals surface area contributed by atoms with Gasteiger partial charge in [0.25, 0.3) is 0 Å². The zero-order valence-corrected chi connectivity index (χ0v) is 16.9. The normalized spacial score (nSPS) is 11.0. The molecule has 0 radical (unpaired) electrons. The van der Waals surface area contributed by atoms with Crippen LogP contribution < -0.4 is 10.1 Å². The number of thiophene rings is 1. The Morgan fingerprint density at radius 2 is 1.90 bits per heavy atom. The Bertz CT molecular complexity index is 1100. The van der Waals surface area contributed by atoms with Crippen molar-refractivity contribution in [3.63, 3.8) is 0 Å². The SMILES string of the molecule is O=C(CSc1nnc(-c2cccs2)n1-n1cccc1)Nc1ccc(OC(F)F)cc1. The van der Waals surface area contributed by atoms with Crippen molar-refractivity contribution in [2.75, 3.05) is 11.1 Å². The molecule has 4 rings (SSSR count). The minimum absolute atomic E-state index is 0.0262. The molecule has 7 nitrogen and oxygen atoms in total. The Labute approximate surface area is 178 Å². The van der Waals surface area contributed by atoms with E-state index in [0.717, 1.165) is 4.88 Å². The van der Waals surface area contributed by atoms with Crippen LogP contribution in [0.1, 0.15) is 0 Å². The van der Waals surface area contributed by atoms with Crippen molar-refractivity contribution >= 4 is 34.7 Å². The number of hydrogen-bond donors (Lipinski definition) is 1. The number of carbonyl (C=O) groups is 1. The van der Waals surface area contributed by atoms with Gasteiger partial charge in [-0.25, -0.2) is 4.68 Å². The molecule has 0 aliphatic heterocycles. The number of carbonyl (C=O) groups excluding carboxylic acids is 1. The van der Waals surface area contributed by atoms with Crippen LogP contribution in [0.4, 0.5) is 14.5 Å². The molecular formula is C19H15F2N5O2S2. The third-order valence-electron chi connectivity index (χ3n) is 3.87. The first-order valence-corrected chi connectivity index (χ1v) is 10.6. The first-order chi connectivity index (χ1) is 14.6. The smallest absolute Gasteiger partial charge is 0.387 e. The van der Waals surface area contributed by atoms with Gasteiger partial charge in [-0.15, -0.1) is 21.5 Å². The van der Waals surface area contributed by atoms with Crippen LogP contribution in [0.15, 0.2) is 71.5 Å². The van der Waals surface area contributed by atoms with Crippen molar-refractivity contribution in [1.82, 2.24) is 19.5 Å². The predicted molar refractivity (Wildman–Crippen MR) is 111 cm³/mol. The molecular weight excluding hydrogens is 432 g/mol. The summed E-state index contributed by atoms with van der Waals surface area (Å²) in [7, 11) is 0. The fraction of sp³-hybridized carbons (Fsp3) is 0.105. The number of nitrogens with one attached hydrogen (secondary N) is 1. The molecule has 0 fully saturated rings. The molecule has 1 aromatic carbocycles. The van der Waals surface area contributed by atoms with Crippen LogP contribution >= 0.6 is 23.1 Å². The molecule has 3 aromatic heterocycles. The number of rotatable bonds is 8. The fourth-order valence-corrected chi connectivity index (χ4v) is 4.06. The highest BCUT2D eigenvalue weighted by molar-refractivity contribution is 7.99. The molecule has 0 spiro atoms. The lowest BCUT2D eigenvalue weighted by Gasteiger charge is -2.10. The van der Waals surface area contributed by atoms with Gasteiger partial charge in [-0.2, -0.15) is 8.78 Å². The lowest BCUT2D eigenvalue weighted by atomic mass is 10.3. The van der Waals surface area contributed by atoms with Gasteiger partial charge in [-0.05, 0) is 47.8 Å². The number of aromatic nitrogens is 4. The summed E-state index contributed by atoms with van der Waals surface area (Å²) in [5, 5.41) is 13.8. The summed E-state index contributed by atoms with van der Waals surface area (Å²) in [6.07, 6.45) is 3.74. The second-order valence-electron chi connectivity index (χ2n) is 5.90. The standard InChI is InChI=1S/C19H15F2N5O2S2/c20-18(21)28-14-7-5-13(6-8-14)22-16(27)12-30-19-24-23-17(15-4-3-11-29-15)26(19)25-9-1-2-10-25/h1-11,18H,12H2,(H,22,27). The number of benzene rings is 1. The number of ether oxygens (including phenoxy) is 1. The monoisotopic (exact) mass is 447 g/mol. The van der Waals surface area contributed by atoms with Crippen molar-refractivity contribution in [3.05, 3.63) is 66.3 Å². The van der Waals surface area contributed by atoms with Gasteiger partial charge in [0.15, 0.2) is 5.82 Å². The van der Waals surface area contributed by atoms with E-state index < -0.39 is 6.61 Å². The van der Waals surface area contributed by atoms with Gasteiger partial charge in [0.05, 0.1) is 10.6 Å². The Hall–Kier alpha value is -3.18. The van der Waals surface area contributed by atoms with E-state index in [9.17, 15) is 13.6 Å². The van der Waals surface area contributed by atoms with E-state index in [2.05, 4.69) is 20.3 Å². The molecule has 0 aliphatic carbocycles. The van der Waals surface area contributed by atoms with Crippen LogP contribution in [0.2, 0.25) is 0 Å². The molecule has 4 aromatic rings. The minimum Gasteiger partial charge on any atom is -0.435 e. The van der Waals surface area contributed by atoms with Crippen molar-refractivity contribution in [2.24, 2.45) is 0 Å². The molecule has 30 heavy (non-hydrogen) atoms. The van der Waals surface area contributed by atoms with Gasteiger partial charge in [0, 0.05) is 18.1 Å². The van der Waals surface area contributed by atoms with Gasteiger partial charge in [-0.1, -0.05) is 17.8 Å². The number of anilines is 1. The highest BCUT2D eigenvalue weighted by Crippen LogP contribution is 2.27. The van der Waals surface area contributed by atoms with Crippen LogP contribution in [-0.2, 0) is 4.79 Å². The number of nitrogens with zero attached hydrogens (tertiary/aromatic N) is 4. The molecule has 0 saturated heterocycles. The predicted octanol–water partition coefficient (Wildman–Crippen LogP) is 4.45. The second kappa shape index (κ2) is 9.09. The van der Waals surface area contributed by atoms with Gasteiger partial charge in [0.2, 0.25) is 11.1 Å². The molecule has 154 valence electrons. The molecule has 0 unspecified atom stereocenters. The maximum absolute atomic E-state index is 12.3. The summed E-state index contributed by atoms with van der Waals surface area (Å²) in [5.41, 5.74) is 0.480. The molecule has 1 amide bonds. The average Bonchev–Trinajstić information content (AvgIpc) is 3.47. The highest BCUT2D eigenvalue weighted by Gasteiger charge is 2.17. The maximum Gasteiger partial charge on any atom is 0.387 e. The Balaban J connectivity index is 1.44. The van der Waals surface area contributed by atoms with Crippen molar-refractivity contribution in [3.8, 4) is 16.5 Å². The number of thioether (sulfide) groups is 1. The zero-order valence-electron chi connectivity index (χ0n) is 15.3. The lowest BCUT2D eigenvalue weighted by Crippen LogP contribution is -2.15. The highest BCUT2D eigenvalue weighted by atomic mass is 32.2. The summed E-state index contributed by atoms with van der Waals surface area (Å²) in [6, 6.07) is 13.4. The summed E-state index contributed by atoms with van der Waals surface area (Å²) in [4.78, 5) is 13.3. The third kappa shape index (κ3) is 4.69. The Morgan fingerprint density at radius 3 is 2.57 bits per heavy atom. The van der Waals surface area contributed by atoms with E-state index in [-0.39, 0.29) is 17.4 Å². The summed E-state index contributed by atoms with van der Waals surface area (Å²) >= 11 is 2.79. The fourth-order valence-electron chi connectivity index (χ4n) is 2.63. The van der Waals surface area contributed by atoms with Crippen molar-refractivity contribution in [1.29, 1.82) is 0 Å². The Morgan fingerprint density at radius 1 is 1.13 bits per heavy atom. The van der Waals surface area contributed by atoms with E-state index in [4.69, 9.17) is 0 Å². The van der Waals surface area contributed by atoms with Crippen molar-refractivity contribution in [2.45, 2.75) is 11.8 Å². The first kappa shape index (κ1) is 20.1. The molecule has 0 atom stereocenters. The number of alkyl halides is 2.